The highest BCUT2D eigenvalue weighted by Crippen LogP contribution is 2.22. The molecule has 0 bridgehead atoms. The first-order valence-electron chi connectivity index (χ1n) is 8.31. The van der Waals surface area contributed by atoms with Gasteiger partial charge in [-0.3, -0.25) is 14.5 Å². The minimum Gasteiger partial charge on any atom is -0.352 e. The Morgan fingerprint density at radius 1 is 1.36 bits per heavy atom. The molecule has 0 aliphatic carbocycles. The maximum atomic E-state index is 12.1. The number of carbonyl (C=O) groups is 1. The van der Waals surface area contributed by atoms with Crippen molar-refractivity contribution in [3.8, 4) is 0 Å². The van der Waals surface area contributed by atoms with Gasteiger partial charge in [-0.1, -0.05) is 23.8 Å². The first-order chi connectivity index (χ1) is 12.0. The van der Waals surface area contributed by atoms with Gasteiger partial charge >= 0.3 is 0 Å². The lowest BCUT2D eigenvalue weighted by atomic mass is 10.1. The summed E-state index contributed by atoms with van der Waals surface area (Å²) in [5.74, 6) is 0.211. The van der Waals surface area contributed by atoms with Crippen LogP contribution >= 0.6 is 0 Å². The van der Waals surface area contributed by atoms with Gasteiger partial charge in [0.15, 0.2) is 0 Å². The van der Waals surface area contributed by atoms with Crippen LogP contribution in [-0.4, -0.2) is 45.8 Å². The van der Waals surface area contributed by atoms with Crippen LogP contribution in [-0.2, 0) is 14.8 Å². The summed E-state index contributed by atoms with van der Waals surface area (Å²) in [4.78, 5) is 16.7. The predicted octanol–water partition coefficient (Wildman–Crippen LogP) is 0.540. The van der Waals surface area contributed by atoms with E-state index in [1.807, 2.05) is 0 Å². The molecule has 1 unspecified atom stereocenters. The Morgan fingerprint density at radius 3 is 2.92 bits per heavy atom. The summed E-state index contributed by atoms with van der Waals surface area (Å²) in [6.45, 7) is 4.13. The molecule has 0 radical (unpaired) electrons. The zero-order valence-corrected chi connectivity index (χ0v) is 14.9. The molecule has 1 aromatic rings. The number of nitrogens with zero attached hydrogens (tertiary/aromatic N) is 1. The maximum absolute atomic E-state index is 12.1. The smallest absolute Gasteiger partial charge is 0.263 e. The van der Waals surface area contributed by atoms with Crippen LogP contribution in [0, 0.1) is 0 Å². The van der Waals surface area contributed by atoms with Crippen molar-refractivity contribution in [3.63, 3.8) is 0 Å². The minimum absolute atomic E-state index is 0.0922. The van der Waals surface area contributed by atoms with Crippen molar-refractivity contribution in [2.24, 2.45) is 4.99 Å². The van der Waals surface area contributed by atoms with E-state index in [1.165, 1.54) is 5.57 Å². The summed E-state index contributed by atoms with van der Waals surface area (Å²) >= 11 is 0. The SMILES string of the molecule is CC(CC(=O)NCC1=CCNCC1)N=C1NS(=O)(=O)c2ccccc21. The second-order valence-electron chi connectivity index (χ2n) is 6.23. The van der Waals surface area contributed by atoms with Crippen LogP contribution in [0.4, 0.5) is 0 Å². The molecule has 8 heteroatoms. The molecule has 0 saturated carbocycles. The van der Waals surface area contributed by atoms with Gasteiger partial charge in [0.25, 0.3) is 10.0 Å². The third-order valence-corrected chi connectivity index (χ3v) is 5.56. The van der Waals surface area contributed by atoms with Crippen LogP contribution in [0.2, 0.25) is 0 Å². The van der Waals surface area contributed by atoms with Gasteiger partial charge in [-0.05, 0) is 32.0 Å². The van der Waals surface area contributed by atoms with Gasteiger partial charge in [-0.2, -0.15) is 0 Å². The number of carbonyl (C=O) groups excluding carboxylic acids is 1. The molecule has 2 aliphatic heterocycles. The number of hydrogen-bond donors (Lipinski definition) is 3. The third kappa shape index (κ3) is 4.26. The Bertz CT molecular complexity index is 830. The van der Waals surface area contributed by atoms with E-state index < -0.39 is 10.0 Å². The fraction of sp³-hybridized carbons (Fsp3) is 0.412. The number of fused-ring (bicyclic) bond motifs is 1. The second kappa shape index (κ2) is 7.37. The van der Waals surface area contributed by atoms with E-state index in [1.54, 1.807) is 31.2 Å². The topological polar surface area (TPSA) is 99.7 Å². The number of aliphatic imine (C=N–C) groups is 1. The highest BCUT2D eigenvalue weighted by atomic mass is 32.2. The average Bonchev–Trinajstić information content (AvgIpc) is 2.85. The molecule has 2 heterocycles. The van der Waals surface area contributed by atoms with Crippen molar-refractivity contribution < 1.29 is 13.2 Å². The van der Waals surface area contributed by atoms with Gasteiger partial charge in [0.2, 0.25) is 5.91 Å². The molecule has 0 aromatic heterocycles. The van der Waals surface area contributed by atoms with Gasteiger partial charge in [0.1, 0.15) is 5.84 Å². The van der Waals surface area contributed by atoms with Crippen molar-refractivity contribution in [2.75, 3.05) is 19.6 Å². The second-order valence-corrected chi connectivity index (χ2v) is 7.88. The summed E-state index contributed by atoms with van der Waals surface area (Å²) < 4.78 is 26.6. The van der Waals surface area contributed by atoms with E-state index in [-0.39, 0.29) is 23.3 Å². The van der Waals surface area contributed by atoms with E-state index >= 15 is 0 Å². The van der Waals surface area contributed by atoms with Crippen LogP contribution in [0.25, 0.3) is 0 Å². The fourth-order valence-corrected chi connectivity index (χ4v) is 4.12. The van der Waals surface area contributed by atoms with E-state index in [4.69, 9.17) is 0 Å². The summed E-state index contributed by atoms with van der Waals surface area (Å²) in [5.41, 5.74) is 1.78. The van der Waals surface area contributed by atoms with Crippen LogP contribution < -0.4 is 15.4 Å². The van der Waals surface area contributed by atoms with Gasteiger partial charge in [0, 0.05) is 25.1 Å². The van der Waals surface area contributed by atoms with E-state index in [0.717, 1.165) is 19.5 Å². The Hall–Kier alpha value is -2.19. The minimum atomic E-state index is -3.55. The number of benzene rings is 1. The highest BCUT2D eigenvalue weighted by molar-refractivity contribution is 7.90. The molecule has 3 rings (SSSR count). The number of amides is 1. The zero-order chi connectivity index (χ0) is 17.9. The lowest BCUT2D eigenvalue weighted by molar-refractivity contribution is -0.121. The van der Waals surface area contributed by atoms with Crippen molar-refractivity contribution in [3.05, 3.63) is 41.5 Å². The first kappa shape index (κ1) is 17.6. The highest BCUT2D eigenvalue weighted by Gasteiger charge is 2.30. The van der Waals surface area contributed by atoms with Gasteiger partial charge in [0.05, 0.1) is 10.9 Å². The average molecular weight is 362 g/mol. The number of sulfonamides is 1. The Balaban J connectivity index is 1.60. The Morgan fingerprint density at radius 2 is 2.16 bits per heavy atom. The normalized spacial score (nSPS) is 21.2. The number of hydrogen-bond acceptors (Lipinski definition) is 5. The van der Waals surface area contributed by atoms with Crippen LogP contribution in [0.5, 0.6) is 0 Å². The number of amidine groups is 1. The summed E-state index contributed by atoms with van der Waals surface area (Å²) in [6, 6.07) is 6.37. The van der Waals surface area contributed by atoms with Gasteiger partial charge in [-0.15, -0.1) is 0 Å². The van der Waals surface area contributed by atoms with Crippen molar-refractivity contribution >= 4 is 21.8 Å². The maximum Gasteiger partial charge on any atom is 0.263 e. The van der Waals surface area contributed by atoms with E-state index in [9.17, 15) is 13.2 Å². The molecule has 0 fully saturated rings. The van der Waals surface area contributed by atoms with Crippen LogP contribution in [0.15, 0.2) is 45.8 Å². The zero-order valence-electron chi connectivity index (χ0n) is 14.1. The lowest BCUT2D eigenvalue weighted by Crippen LogP contribution is -2.31. The summed E-state index contributed by atoms with van der Waals surface area (Å²) in [5, 5.41) is 6.13. The van der Waals surface area contributed by atoms with E-state index in [2.05, 4.69) is 26.4 Å². The summed E-state index contributed by atoms with van der Waals surface area (Å²) in [7, 11) is -3.55. The quantitative estimate of drug-likeness (QED) is 0.666. The molecule has 1 amide bonds. The Kier molecular flexibility index (Phi) is 5.19. The summed E-state index contributed by atoms with van der Waals surface area (Å²) in [6.07, 6.45) is 3.24. The molecular formula is C17H22N4O3S. The molecule has 0 saturated heterocycles. The van der Waals surface area contributed by atoms with Crippen LogP contribution in [0.3, 0.4) is 0 Å². The van der Waals surface area contributed by atoms with E-state index in [0.29, 0.717) is 17.9 Å². The van der Waals surface area contributed by atoms with Gasteiger partial charge < -0.3 is 10.6 Å². The monoisotopic (exact) mass is 362 g/mol. The molecular weight excluding hydrogens is 340 g/mol. The standard InChI is InChI=1S/C17H22N4O3S/c1-12(10-16(22)19-11-13-6-8-18-9-7-13)20-17-14-4-2-3-5-15(14)25(23,24)21-17/h2-6,12,18H,7-11H2,1H3,(H,19,22)(H,20,21). The lowest BCUT2D eigenvalue weighted by Gasteiger charge is -2.15. The molecule has 1 aromatic carbocycles. The molecule has 7 nitrogen and oxygen atoms in total. The van der Waals surface area contributed by atoms with Crippen molar-refractivity contribution in [1.29, 1.82) is 0 Å². The van der Waals surface area contributed by atoms with Crippen molar-refractivity contribution in [2.45, 2.75) is 30.7 Å². The number of rotatable bonds is 5. The van der Waals surface area contributed by atoms with Crippen molar-refractivity contribution in [1.82, 2.24) is 15.4 Å². The molecule has 25 heavy (non-hydrogen) atoms. The molecule has 3 N–H and O–H groups in total. The number of nitrogens with one attached hydrogen (secondary N) is 3. The Labute approximate surface area is 147 Å². The first-order valence-corrected chi connectivity index (χ1v) is 9.79. The molecule has 2 aliphatic rings. The largest absolute Gasteiger partial charge is 0.352 e. The van der Waals surface area contributed by atoms with Gasteiger partial charge in [-0.25, -0.2) is 8.42 Å². The predicted molar refractivity (Wildman–Crippen MR) is 96.0 cm³/mol. The molecule has 134 valence electrons. The molecule has 1 atom stereocenters. The molecule has 0 spiro atoms. The third-order valence-electron chi connectivity index (χ3n) is 4.16. The van der Waals surface area contributed by atoms with Crippen LogP contribution in [0.1, 0.15) is 25.3 Å². The fourth-order valence-electron chi connectivity index (χ4n) is 2.88.